The Morgan fingerprint density at radius 3 is 2.54 bits per heavy atom. The molecule has 5 rings (SSSR count). The summed E-state index contributed by atoms with van der Waals surface area (Å²) in [6.07, 6.45) is 0.494. The number of hydrazone groups is 1. The maximum atomic E-state index is 6.43. The van der Waals surface area contributed by atoms with Crippen molar-refractivity contribution in [2.45, 2.75) is 18.7 Å². The monoisotopic (exact) mass is 390 g/mol. The normalized spacial score (nSPS) is 20.1. The summed E-state index contributed by atoms with van der Waals surface area (Å²) in [5, 5.41) is 7.76. The van der Waals surface area contributed by atoms with Gasteiger partial charge in [-0.05, 0) is 23.8 Å². The molecule has 4 nitrogen and oxygen atoms in total. The van der Waals surface area contributed by atoms with Crippen LogP contribution in [0.3, 0.4) is 0 Å². The van der Waals surface area contributed by atoms with Crippen molar-refractivity contribution in [3.8, 4) is 11.5 Å². The molecular formula is C23H19ClN2O2. The number of ether oxygens (including phenoxy) is 2. The number of rotatable bonds is 3. The topological polar surface area (TPSA) is 34.1 Å². The third kappa shape index (κ3) is 2.81. The quantitative estimate of drug-likeness (QED) is 0.584. The first-order valence-corrected chi connectivity index (χ1v) is 9.62. The van der Waals surface area contributed by atoms with Gasteiger partial charge in [0.1, 0.15) is 0 Å². The number of fused-ring (bicyclic) bond motifs is 3. The van der Waals surface area contributed by atoms with Crippen LogP contribution in [0.4, 0.5) is 0 Å². The molecular weight excluding hydrogens is 372 g/mol. The lowest BCUT2D eigenvalue weighted by molar-refractivity contribution is -0.0209. The van der Waals surface area contributed by atoms with E-state index in [1.165, 1.54) is 0 Å². The van der Waals surface area contributed by atoms with Crippen molar-refractivity contribution in [3.05, 3.63) is 94.5 Å². The van der Waals surface area contributed by atoms with E-state index in [-0.39, 0.29) is 12.3 Å². The van der Waals surface area contributed by atoms with Crippen molar-refractivity contribution in [1.82, 2.24) is 5.01 Å². The minimum absolute atomic E-state index is 0.0923. The fourth-order valence-electron chi connectivity index (χ4n) is 3.90. The van der Waals surface area contributed by atoms with Crippen LogP contribution in [0.25, 0.3) is 0 Å². The standard InChI is InChI=1S/C23H19ClN2O2/c1-27-21-9-5-8-18-20-14-19(15-10-12-17(24)13-11-15)25-26(20)23(28-22(18)21)16-6-3-2-4-7-16/h2-13,20,23H,14H2,1H3/t20-,23+/m1/s1. The van der Waals surface area contributed by atoms with E-state index >= 15 is 0 Å². The van der Waals surface area contributed by atoms with Gasteiger partial charge in [0.05, 0.1) is 18.9 Å². The van der Waals surface area contributed by atoms with Gasteiger partial charge >= 0.3 is 0 Å². The Labute approximate surface area is 169 Å². The van der Waals surface area contributed by atoms with E-state index in [0.29, 0.717) is 0 Å². The first kappa shape index (κ1) is 17.1. The third-order valence-electron chi connectivity index (χ3n) is 5.26. The Hall–Kier alpha value is -2.98. The lowest BCUT2D eigenvalue weighted by atomic mass is 9.95. The van der Waals surface area contributed by atoms with Crippen LogP contribution in [0.2, 0.25) is 5.02 Å². The molecule has 2 aliphatic rings. The number of benzene rings is 3. The van der Waals surface area contributed by atoms with Crippen molar-refractivity contribution in [2.75, 3.05) is 7.11 Å². The highest BCUT2D eigenvalue weighted by molar-refractivity contribution is 6.30. The van der Waals surface area contributed by atoms with E-state index in [1.807, 2.05) is 54.6 Å². The van der Waals surface area contributed by atoms with Crippen LogP contribution in [0.5, 0.6) is 11.5 Å². The minimum Gasteiger partial charge on any atom is -0.493 e. The van der Waals surface area contributed by atoms with E-state index < -0.39 is 0 Å². The SMILES string of the molecule is COc1cccc2c1O[C@@H](c1ccccc1)N1N=C(c3ccc(Cl)cc3)C[C@H]21. The van der Waals surface area contributed by atoms with Crippen molar-refractivity contribution in [1.29, 1.82) is 0 Å². The van der Waals surface area contributed by atoms with Gasteiger partial charge in [-0.25, -0.2) is 5.01 Å². The molecule has 2 heterocycles. The summed E-state index contributed by atoms with van der Waals surface area (Å²) in [5.74, 6) is 1.55. The molecule has 0 spiro atoms. The molecule has 0 fully saturated rings. The zero-order valence-electron chi connectivity index (χ0n) is 15.4. The highest BCUT2D eigenvalue weighted by Crippen LogP contribution is 2.50. The van der Waals surface area contributed by atoms with Crippen LogP contribution in [-0.2, 0) is 0 Å². The first-order valence-electron chi connectivity index (χ1n) is 9.25. The molecule has 0 N–H and O–H groups in total. The summed E-state index contributed by atoms with van der Waals surface area (Å²) in [4.78, 5) is 0. The smallest absolute Gasteiger partial charge is 0.214 e. The first-order chi connectivity index (χ1) is 13.7. The molecule has 2 aliphatic heterocycles. The summed E-state index contributed by atoms with van der Waals surface area (Å²) in [5.41, 5.74) is 4.27. The van der Waals surface area contributed by atoms with Crippen LogP contribution in [0.1, 0.15) is 35.4 Å². The molecule has 0 aliphatic carbocycles. The van der Waals surface area contributed by atoms with E-state index in [4.69, 9.17) is 26.2 Å². The Morgan fingerprint density at radius 2 is 1.79 bits per heavy atom. The number of hydrogen-bond donors (Lipinski definition) is 0. The molecule has 140 valence electrons. The zero-order valence-corrected chi connectivity index (χ0v) is 16.1. The van der Waals surface area contributed by atoms with Crippen LogP contribution >= 0.6 is 11.6 Å². The molecule has 0 aromatic heterocycles. The van der Waals surface area contributed by atoms with Gasteiger partial charge in [0.2, 0.25) is 6.23 Å². The summed E-state index contributed by atoms with van der Waals surface area (Å²) in [6, 6.07) is 24.1. The fourth-order valence-corrected chi connectivity index (χ4v) is 4.02. The molecule has 0 saturated heterocycles. The second-order valence-corrected chi connectivity index (χ2v) is 7.35. The predicted molar refractivity (Wildman–Crippen MR) is 110 cm³/mol. The maximum Gasteiger partial charge on any atom is 0.214 e. The third-order valence-corrected chi connectivity index (χ3v) is 5.51. The Balaban J connectivity index is 1.61. The van der Waals surface area contributed by atoms with Crippen molar-refractivity contribution < 1.29 is 9.47 Å². The predicted octanol–water partition coefficient (Wildman–Crippen LogP) is 5.59. The molecule has 5 heteroatoms. The van der Waals surface area contributed by atoms with Gasteiger partial charge in [-0.1, -0.05) is 66.2 Å². The van der Waals surface area contributed by atoms with Crippen LogP contribution in [-0.4, -0.2) is 17.8 Å². The van der Waals surface area contributed by atoms with E-state index in [9.17, 15) is 0 Å². The van der Waals surface area contributed by atoms with Crippen molar-refractivity contribution in [2.24, 2.45) is 5.10 Å². The number of hydrogen-bond acceptors (Lipinski definition) is 4. The number of para-hydroxylation sites is 1. The minimum atomic E-state index is -0.306. The molecule has 0 saturated carbocycles. The van der Waals surface area contributed by atoms with Gasteiger partial charge in [0.25, 0.3) is 0 Å². The summed E-state index contributed by atoms with van der Waals surface area (Å²) < 4.78 is 12.0. The second kappa shape index (κ2) is 6.88. The Bertz CT molecular complexity index is 1030. The number of halogens is 1. The highest BCUT2D eigenvalue weighted by Gasteiger charge is 2.42. The van der Waals surface area contributed by atoms with Crippen LogP contribution in [0, 0.1) is 0 Å². The van der Waals surface area contributed by atoms with Gasteiger partial charge in [-0.15, -0.1) is 0 Å². The Kier molecular flexibility index (Phi) is 4.21. The van der Waals surface area contributed by atoms with E-state index in [1.54, 1.807) is 7.11 Å². The molecule has 0 amide bonds. The average Bonchev–Trinajstić information content (AvgIpc) is 3.19. The average molecular weight is 391 g/mol. The fraction of sp³-hybridized carbons (Fsp3) is 0.174. The maximum absolute atomic E-state index is 6.43. The number of methoxy groups -OCH3 is 1. The van der Waals surface area contributed by atoms with E-state index in [2.05, 4.69) is 23.2 Å². The lowest BCUT2D eigenvalue weighted by Gasteiger charge is -2.38. The molecule has 0 unspecified atom stereocenters. The molecule has 3 aromatic carbocycles. The summed E-state index contributed by atoms with van der Waals surface area (Å²) in [6.45, 7) is 0. The Morgan fingerprint density at radius 1 is 1.00 bits per heavy atom. The molecule has 0 radical (unpaired) electrons. The summed E-state index contributed by atoms with van der Waals surface area (Å²) >= 11 is 6.06. The van der Waals surface area contributed by atoms with Crippen molar-refractivity contribution >= 4 is 17.3 Å². The molecule has 0 bridgehead atoms. The van der Waals surface area contributed by atoms with Gasteiger partial charge in [-0.2, -0.15) is 5.10 Å². The van der Waals surface area contributed by atoms with Crippen molar-refractivity contribution in [3.63, 3.8) is 0 Å². The van der Waals surface area contributed by atoms with E-state index in [0.717, 1.165) is 45.3 Å². The number of nitrogens with zero attached hydrogens (tertiary/aromatic N) is 2. The summed E-state index contributed by atoms with van der Waals surface area (Å²) in [7, 11) is 1.67. The molecule has 28 heavy (non-hydrogen) atoms. The van der Waals surface area contributed by atoms with Gasteiger partial charge in [-0.3, -0.25) is 0 Å². The van der Waals surface area contributed by atoms with Gasteiger partial charge in [0, 0.05) is 22.6 Å². The molecule has 3 aromatic rings. The van der Waals surface area contributed by atoms with Crippen LogP contribution in [0.15, 0.2) is 77.9 Å². The highest BCUT2D eigenvalue weighted by atomic mass is 35.5. The van der Waals surface area contributed by atoms with Gasteiger partial charge < -0.3 is 9.47 Å². The molecule has 2 atom stereocenters. The van der Waals surface area contributed by atoms with Crippen LogP contribution < -0.4 is 9.47 Å². The largest absolute Gasteiger partial charge is 0.493 e. The van der Waals surface area contributed by atoms with Gasteiger partial charge in [0.15, 0.2) is 11.5 Å². The lowest BCUT2D eigenvalue weighted by Crippen LogP contribution is -2.33. The zero-order chi connectivity index (χ0) is 19.1. The second-order valence-electron chi connectivity index (χ2n) is 6.91.